The monoisotopic (exact) mass is 447 g/mol. The van der Waals surface area contributed by atoms with Crippen LogP contribution in [0.1, 0.15) is 22.3 Å². The summed E-state index contributed by atoms with van der Waals surface area (Å²) in [5.41, 5.74) is 0. The van der Waals surface area contributed by atoms with Crippen LogP contribution in [-0.4, -0.2) is 55.2 Å². The molecule has 0 heterocycles. The van der Waals surface area contributed by atoms with E-state index in [-0.39, 0.29) is 35.2 Å². The Morgan fingerprint density at radius 1 is 0.375 bits per heavy atom. The van der Waals surface area contributed by atoms with Crippen LogP contribution in [0, 0.1) is 0 Å². The molecule has 0 radical (unpaired) electrons. The van der Waals surface area contributed by atoms with E-state index in [2.05, 4.69) is 0 Å². The van der Waals surface area contributed by atoms with E-state index >= 15 is 0 Å². The summed E-state index contributed by atoms with van der Waals surface area (Å²) in [6.45, 7) is 0. The van der Waals surface area contributed by atoms with Crippen LogP contribution in [0.15, 0.2) is 0 Å². The molecule has 0 saturated heterocycles. The zero-order valence-corrected chi connectivity index (χ0v) is 14.4. The van der Waals surface area contributed by atoms with Crippen molar-refractivity contribution < 1.29 is 35.0 Å². The maximum Gasteiger partial charge on any atom is 0.277 e. The second kappa shape index (κ2) is 15.5. The Kier molecular flexibility index (Phi) is 25.5. The Hall–Kier alpha value is 0.300. The highest BCUT2D eigenvalue weighted by Crippen LogP contribution is 2.55. The number of hydrogen-bond donors (Lipinski definition) is 0. The van der Waals surface area contributed by atoms with Gasteiger partial charge in [-0.2, -0.15) is 12.9 Å². The van der Waals surface area contributed by atoms with E-state index in [0.717, 1.165) is 42.3 Å². The van der Waals surface area contributed by atoms with Gasteiger partial charge in [-0.1, -0.05) is 22.3 Å². The van der Waals surface area contributed by atoms with Crippen molar-refractivity contribution in [3.05, 3.63) is 0 Å². The first-order valence-electron chi connectivity index (χ1n) is 4.62. The molecule has 0 aliphatic rings. The normalized spacial score (nSPS) is 13.2. The van der Waals surface area contributed by atoms with Gasteiger partial charge in [0.1, 0.15) is 0 Å². The maximum atomic E-state index is 11.2. The predicted molar refractivity (Wildman–Crippen MR) is 94.0 cm³/mol. The lowest BCUT2D eigenvalue weighted by molar-refractivity contribution is 0.497. The largest absolute Gasteiger partial charge is 0.277 e. The number of nitrogens with zero attached hydrogens (tertiary/aromatic N) is 3. The summed E-state index contributed by atoms with van der Waals surface area (Å²) in [5, 5.41) is 0. The van der Waals surface area contributed by atoms with E-state index in [0.29, 0.717) is 0 Å². The van der Waals surface area contributed by atoms with E-state index in [1.807, 2.05) is 0 Å². The molecule has 0 bridgehead atoms. The first-order chi connectivity index (χ1) is 8.83. The summed E-state index contributed by atoms with van der Waals surface area (Å²) >= 11 is -14.7. The molecule has 0 saturated carbocycles. The Labute approximate surface area is 147 Å². The SMILES string of the molecule is C.C.C.CN(C)S(F)(F)F.CN(C)S(F)(F)F.CN(C)S(F)(F)F. The van der Waals surface area contributed by atoms with Crippen LogP contribution in [0.4, 0.5) is 35.0 Å². The van der Waals surface area contributed by atoms with Crippen LogP contribution in [0.3, 0.4) is 0 Å². The lowest BCUT2D eigenvalue weighted by atomic mass is 11.3. The zero-order valence-electron chi connectivity index (χ0n) is 12.0. The van der Waals surface area contributed by atoms with Crippen molar-refractivity contribution in [2.24, 2.45) is 0 Å². The van der Waals surface area contributed by atoms with Gasteiger partial charge < -0.3 is 0 Å². The number of hydrogen-bond acceptors (Lipinski definition) is 3. The Morgan fingerprint density at radius 2 is 0.417 bits per heavy atom. The van der Waals surface area contributed by atoms with Crippen molar-refractivity contribution in [2.45, 2.75) is 22.3 Å². The fourth-order valence-corrected chi connectivity index (χ4v) is 0. The first-order valence-corrected chi connectivity index (χ1v) is 8.49. The van der Waals surface area contributed by atoms with Gasteiger partial charge in [-0.05, 0) is 0 Å². The molecule has 0 aliphatic carbocycles. The Balaban J connectivity index is -0.0000000476. The summed E-state index contributed by atoms with van der Waals surface area (Å²) in [6, 6.07) is 0. The first kappa shape index (κ1) is 39.4. The van der Waals surface area contributed by atoms with Crippen LogP contribution in [0.2, 0.25) is 0 Å². The smallest absolute Gasteiger partial charge is 0.199 e. The van der Waals surface area contributed by atoms with Gasteiger partial charge in [0.25, 0.3) is 34.1 Å². The molecule has 0 N–H and O–H groups in total. The van der Waals surface area contributed by atoms with Gasteiger partial charge in [-0.3, -0.25) is 0 Å². The van der Waals surface area contributed by atoms with Crippen LogP contribution >= 0.6 is 34.1 Å². The van der Waals surface area contributed by atoms with E-state index in [9.17, 15) is 35.0 Å². The van der Waals surface area contributed by atoms with Gasteiger partial charge >= 0.3 is 0 Å². The molecular weight excluding hydrogens is 417 g/mol. The maximum absolute atomic E-state index is 11.2. The number of rotatable bonds is 3. The van der Waals surface area contributed by atoms with E-state index in [1.54, 1.807) is 0 Å². The summed E-state index contributed by atoms with van der Waals surface area (Å²) in [5.74, 6) is 0. The lowest BCUT2D eigenvalue weighted by Gasteiger charge is -2.16. The van der Waals surface area contributed by atoms with Crippen molar-refractivity contribution in [3.8, 4) is 0 Å². The van der Waals surface area contributed by atoms with Gasteiger partial charge in [0, 0.05) is 42.3 Å². The highest BCUT2D eigenvalue weighted by molar-refractivity contribution is 8.19. The van der Waals surface area contributed by atoms with Gasteiger partial charge in [0.2, 0.25) is 0 Å². The molecule has 0 atom stereocenters. The second-order valence-electron chi connectivity index (χ2n) is 3.58. The van der Waals surface area contributed by atoms with Crippen molar-refractivity contribution in [1.82, 2.24) is 12.9 Å². The molecule has 0 aromatic heterocycles. The standard InChI is InChI=1S/3C2H6F3NS.3CH4/c3*1-6(2)7(3,4)5;;;/h3*1-2H3;3*1H4. The van der Waals surface area contributed by atoms with E-state index < -0.39 is 34.1 Å². The topological polar surface area (TPSA) is 9.72 Å². The molecule has 0 fully saturated rings. The van der Waals surface area contributed by atoms with Crippen LogP contribution < -0.4 is 0 Å². The molecule has 24 heavy (non-hydrogen) atoms. The average molecular weight is 448 g/mol. The predicted octanol–water partition coefficient (Wildman–Crippen LogP) is 7.67. The molecule has 0 rings (SSSR count). The zero-order chi connectivity index (χ0) is 18.2. The summed E-state index contributed by atoms with van der Waals surface area (Å²) in [7, 11) is 5.97. The van der Waals surface area contributed by atoms with Gasteiger partial charge in [0.05, 0.1) is 0 Å². The quantitative estimate of drug-likeness (QED) is 0.411. The van der Waals surface area contributed by atoms with Crippen molar-refractivity contribution in [1.29, 1.82) is 0 Å². The fourth-order valence-electron chi connectivity index (χ4n) is 0. The van der Waals surface area contributed by atoms with E-state index in [1.165, 1.54) is 0 Å². The van der Waals surface area contributed by atoms with Crippen LogP contribution in [0.25, 0.3) is 0 Å². The highest BCUT2D eigenvalue weighted by Gasteiger charge is 2.24. The molecule has 0 amide bonds. The lowest BCUT2D eigenvalue weighted by Crippen LogP contribution is -2.06. The van der Waals surface area contributed by atoms with Crippen molar-refractivity contribution in [2.75, 3.05) is 42.3 Å². The third-order valence-corrected chi connectivity index (χ3v) is 3.73. The molecule has 3 nitrogen and oxygen atoms in total. The summed E-state index contributed by atoms with van der Waals surface area (Å²) in [6.07, 6.45) is 0. The minimum absolute atomic E-state index is 0. The van der Waals surface area contributed by atoms with Gasteiger partial charge in [0.15, 0.2) is 0 Å². The molecule has 0 aromatic carbocycles. The molecule has 162 valence electrons. The Morgan fingerprint density at radius 3 is 0.417 bits per heavy atom. The third kappa shape index (κ3) is 30.2. The van der Waals surface area contributed by atoms with Gasteiger partial charge in [-0.15, -0.1) is 35.0 Å². The third-order valence-electron chi connectivity index (χ3n) is 1.24. The summed E-state index contributed by atoms with van der Waals surface area (Å²) < 4.78 is 102. The highest BCUT2D eigenvalue weighted by atomic mass is 32.3. The van der Waals surface area contributed by atoms with Crippen LogP contribution in [-0.2, 0) is 0 Å². The van der Waals surface area contributed by atoms with Crippen LogP contribution in [0.5, 0.6) is 0 Å². The van der Waals surface area contributed by atoms with Gasteiger partial charge in [-0.25, -0.2) is 0 Å². The molecule has 0 spiro atoms. The fraction of sp³-hybridized carbons (Fsp3) is 1.00. The molecular formula is C9H30F9N3S3. The number of halogens is 9. The molecule has 0 aromatic rings. The molecule has 15 heteroatoms. The minimum atomic E-state index is -4.91. The average Bonchev–Trinajstić information content (AvgIpc) is 2.14. The van der Waals surface area contributed by atoms with E-state index in [4.69, 9.17) is 0 Å². The summed E-state index contributed by atoms with van der Waals surface area (Å²) in [4.78, 5) is 0. The molecule has 0 aliphatic heterocycles. The second-order valence-corrected chi connectivity index (χ2v) is 8.07. The molecule has 0 unspecified atom stereocenters. The van der Waals surface area contributed by atoms with Crippen molar-refractivity contribution >= 4 is 34.1 Å². The Bertz CT molecular complexity index is 223. The minimum Gasteiger partial charge on any atom is -0.199 e. The van der Waals surface area contributed by atoms with Crippen molar-refractivity contribution in [3.63, 3.8) is 0 Å².